The van der Waals surface area contributed by atoms with Crippen LogP contribution >= 0.6 is 0 Å². The Hall–Kier alpha value is -2.45. The van der Waals surface area contributed by atoms with E-state index in [2.05, 4.69) is 5.10 Å². The summed E-state index contributed by atoms with van der Waals surface area (Å²) in [5.74, 6) is -3.26. The van der Waals surface area contributed by atoms with Gasteiger partial charge >= 0.3 is 17.6 Å². The Morgan fingerprint density at radius 3 is 2.27 bits per heavy atom. The van der Waals surface area contributed by atoms with Gasteiger partial charge in [0.15, 0.2) is 0 Å². The molecule has 1 heterocycles. The Labute approximate surface area is 81.7 Å². The molecule has 0 atom stereocenters. The molecule has 1 aromatic heterocycles. The quantitative estimate of drug-likeness (QED) is 0.522. The number of carboxylic acid groups (broad SMARTS) is 2. The standard InChI is InChI=1S/C6H5N3O6/c1-8-4(6(12)13)3(9(14)15)2(7-8)5(10)11/h1H3,(H,10,11)(H,12,13). The Bertz CT molecular complexity index is 462. The van der Waals surface area contributed by atoms with Gasteiger partial charge in [0.25, 0.3) is 0 Å². The first kappa shape index (κ1) is 10.6. The van der Waals surface area contributed by atoms with Crippen LogP contribution in [-0.4, -0.2) is 36.9 Å². The molecule has 9 nitrogen and oxygen atoms in total. The molecule has 9 heteroatoms. The summed E-state index contributed by atoms with van der Waals surface area (Å²) in [5, 5.41) is 30.9. The van der Waals surface area contributed by atoms with Crippen LogP contribution in [0.1, 0.15) is 21.0 Å². The predicted molar refractivity (Wildman–Crippen MR) is 43.8 cm³/mol. The maximum atomic E-state index is 10.6. The summed E-state index contributed by atoms with van der Waals surface area (Å²) < 4.78 is 0.643. The first-order valence-electron chi connectivity index (χ1n) is 3.54. The van der Waals surface area contributed by atoms with Crippen molar-refractivity contribution >= 4 is 17.6 Å². The van der Waals surface area contributed by atoms with Gasteiger partial charge < -0.3 is 10.2 Å². The van der Waals surface area contributed by atoms with Gasteiger partial charge in [0.2, 0.25) is 11.4 Å². The van der Waals surface area contributed by atoms with Crippen LogP contribution < -0.4 is 0 Å². The minimum absolute atomic E-state index is 0.643. The fraction of sp³-hybridized carbons (Fsp3) is 0.167. The topological polar surface area (TPSA) is 136 Å². The van der Waals surface area contributed by atoms with Crippen molar-refractivity contribution in [2.24, 2.45) is 7.05 Å². The molecule has 0 aliphatic heterocycles. The summed E-state index contributed by atoms with van der Waals surface area (Å²) in [6.07, 6.45) is 0. The highest BCUT2D eigenvalue weighted by Gasteiger charge is 2.34. The van der Waals surface area contributed by atoms with E-state index in [-0.39, 0.29) is 0 Å². The van der Waals surface area contributed by atoms with Gasteiger partial charge in [-0.2, -0.15) is 5.10 Å². The van der Waals surface area contributed by atoms with E-state index in [4.69, 9.17) is 10.2 Å². The van der Waals surface area contributed by atoms with E-state index in [0.29, 0.717) is 4.68 Å². The SMILES string of the molecule is Cn1nc(C(=O)O)c([N+](=O)[O-])c1C(=O)O. The molecule has 2 N–H and O–H groups in total. The predicted octanol–water partition coefficient (Wildman–Crippen LogP) is -0.275. The molecule has 1 rings (SSSR count). The van der Waals surface area contributed by atoms with Crippen LogP contribution in [0.2, 0.25) is 0 Å². The highest BCUT2D eigenvalue weighted by Crippen LogP contribution is 2.22. The monoisotopic (exact) mass is 215 g/mol. The second-order valence-electron chi connectivity index (χ2n) is 2.54. The van der Waals surface area contributed by atoms with Crippen LogP contribution in [0.3, 0.4) is 0 Å². The van der Waals surface area contributed by atoms with Crippen molar-refractivity contribution in [1.82, 2.24) is 9.78 Å². The second-order valence-corrected chi connectivity index (χ2v) is 2.54. The van der Waals surface area contributed by atoms with E-state index in [1.54, 1.807) is 0 Å². The Balaban J connectivity index is 3.59. The van der Waals surface area contributed by atoms with Crippen LogP contribution in [-0.2, 0) is 7.05 Å². The van der Waals surface area contributed by atoms with Crippen molar-refractivity contribution in [2.45, 2.75) is 0 Å². The zero-order valence-electron chi connectivity index (χ0n) is 7.37. The van der Waals surface area contributed by atoms with Crippen LogP contribution in [0.15, 0.2) is 0 Å². The average molecular weight is 215 g/mol. The molecule has 0 spiro atoms. The van der Waals surface area contributed by atoms with Crippen molar-refractivity contribution < 1.29 is 24.7 Å². The van der Waals surface area contributed by atoms with Crippen LogP contribution in [0, 0.1) is 10.1 Å². The summed E-state index contributed by atoms with van der Waals surface area (Å²) >= 11 is 0. The van der Waals surface area contributed by atoms with Crippen molar-refractivity contribution in [3.63, 3.8) is 0 Å². The summed E-state index contributed by atoms with van der Waals surface area (Å²) in [6.45, 7) is 0. The van der Waals surface area contributed by atoms with E-state index in [0.717, 1.165) is 7.05 Å². The van der Waals surface area contributed by atoms with Gasteiger partial charge in [0.05, 0.1) is 4.92 Å². The zero-order valence-corrected chi connectivity index (χ0v) is 7.37. The fourth-order valence-corrected chi connectivity index (χ4v) is 1.07. The summed E-state index contributed by atoms with van der Waals surface area (Å²) in [6, 6.07) is 0. The Kier molecular flexibility index (Phi) is 2.38. The average Bonchev–Trinajstić information content (AvgIpc) is 2.42. The van der Waals surface area contributed by atoms with E-state index in [9.17, 15) is 19.7 Å². The molecular formula is C6H5N3O6. The lowest BCUT2D eigenvalue weighted by atomic mass is 10.3. The van der Waals surface area contributed by atoms with E-state index < -0.39 is 33.9 Å². The van der Waals surface area contributed by atoms with Crippen molar-refractivity contribution in [3.05, 3.63) is 21.5 Å². The smallest absolute Gasteiger partial charge is 0.363 e. The lowest BCUT2D eigenvalue weighted by molar-refractivity contribution is -0.385. The maximum absolute atomic E-state index is 10.6. The summed E-state index contributed by atoms with van der Waals surface area (Å²) in [7, 11) is 1.11. The number of nitro groups is 1. The highest BCUT2D eigenvalue weighted by molar-refractivity contribution is 5.98. The zero-order chi connectivity index (χ0) is 11.7. The summed E-state index contributed by atoms with van der Waals surface area (Å²) in [4.78, 5) is 30.6. The first-order valence-corrected chi connectivity index (χ1v) is 3.54. The Morgan fingerprint density at radius 2 is 1.93 bits per heavy atom. The van der Waals surface area contributed by atoms with Crippen molar-refractivity contribution in [3.8, 4) is 0 Å². The van der Waals surface area contributed by atoms with Crippen LogP contribution in [0.4, 0.5) is 5.69 Å². The van der Waals surface area contributed by atoms with Crippen molar-refractivity contribution in [1.29, 1.82) is 0 Å². The lowest BCUT2D eigenvalue weighted by Crippen LogP contribution is -2.08. The molecular weight excluding hydrogens is 210 g/mol. The molecule has 0 aliphatic rings. The van der Waals surface area contributed by atoms with Crippen molar-refractivity contribution in [2.75, 3.05) is 0 Å². The number of hydrogen-bond acceptors (Lipinski definition) is 5. The van der Waals surface area contributed by atoms with Gasteiger partial charge in [0.1, 0.15) is 0 Å². The molecule has 0 saturated carbocycles. The van der Waals surface area contributed by atoms with Crippen LogP contribution in [0.5, 0.6) is 0 Å². The van der Waals surface area contributed by atoms with Gasteiger partial charge in [-0.3, -0.25) is 14.8 Å². The largest absolute Gasteiger partial charge is 0.476 e. The molecule has 0 bridgehead atoms. The third-order valence-electron chi connectivity index (χ3n) is 1.61. The maximum Gasteiger partial charge on any atom is 0.363 e. The molecule has 80 valence electrons. The number of nitrogens with zero attached hydrogens (tertiary/aromatic N) is 3. The molecule has 0 amide bonds. The first-order chi connectivity index (χ1) is 6.86. The molecule has 15 heavy (non-hydrogen) atoms. The number of rotatable bonds is 3. The molecule has 0 aromatic carbocycles. The fourth-order valence-electron chi connectivity index (χ4n) is 1.07. The third-order valence-corrected chi connectivity index (χ3v) is 1.61. The van der Waals surface area contributed by atoms with Gasteiger partial charge in [0, 0.05) is 7.05 Å². The van der Waals surface area contributed by atoms with Gasteiger partial charge in [-0.1, -0.05) is 0 Å². The van der Waals surface area contributed by atoms with Gasteiger partial charge in [-0.15, -0.1) is 0 Å². The van der Waals surface area contributed by atoms with Gasteiger partial charge in [-0.25, -0.2) is 9.59 Å². The number of aromatic nitrogens is 2. The lowest BCUT2D eigenvalue weighted by Gasteiger charge is -1.92. The second kappa shape index (κ2) is 3.36. The number of carbonyl (C=O) groups is 2. The summed E-state index contributed by atoms with van der Waals surface area (Å²) in [5.41, 5.74) is -2.67. The number of aryl methyl sites for hydroxylation is 1. The third kappa shape index (κ3) is 1.61. The van der Waals surface area contributed by atoms with Crippen LogP contribution in [0.25, 0.3) is 0 Å². The minimum atomic E-state index is -1.65. The molecule has 0 radical (unpaired) electrons. The van der Waals surface area contributed by atoms with E-state index >= 15 is 0 Å². The molecule has 0 aliphatic carbocycles. The normalized spacial score (nSPS) is 9.93. The molecule has 0 fully saturated rings. The Morgan fingerprint density at radius 1 is 1.40 bits per heavy atom. The van der Waals surface area contributed by atoms with E-state index in [1.165, 1.54) is 0 Å². The van der Waals surface area contributed by atoms with Gasteiger partial charge in [-0.05, 0) is 0 Å². The molecule has 0 unspecified atom stereocenters. The number of aromatic carboxylic acids is 2. The highest BCUT2D eigenvalue weighted by atomic mass is 16.6. The number of carboxylic acids is 2. The molecule has 0 saturated heterocycles. The van der Waals surface area contributed by atoms with E-state index in [1.807, 2.05) is 0 Å². The number of hydrogen-bond donors (Lipinski definition) is 2. The molecule has 1 aromatic rings. The minimum Gasteiger partial charge on any atom is -0.476 e.